The van der Waals surface area contributed by atoms with E-state index in [1.165, 1.54) is 32.2 Å². The van der Waals surface area contributed by atoms with Crippen molar-refractivity contribution in [1.82, 2.24) is 4.90 Å². The third kappa shape index (κ3) is 1.75. The second kappa shape index (κ2) is 3.97. The molecule has 0 aromatic rings. The van der Waals surface area contributed by atoms with E-state index in [4.69, 9.17) is 0 Å². The fraction of sp³-hybridized carbons (Fsp3) is 1.00. The third-order valence-corrected chi connectivity index (χ3v) is 3.85. The second-order valence-corrected chi connectivity index (χ2v) is 4.50. The van der Waals surface area contributed by atoms with Crippen molar-refractivity contribution >= 4 is 0 Å². The first-order chi connectivity index (χ1) is 6.33. The molecule has 1 saturated heterocycles. The maximum absolute atomic E-state index is 9.84. The summed E-state index contributed by atoms with van der Waals surface area (Å²) < 4.78 is 0. The summed E-state index contributed by atoms with van der Waals surface area (Å²) in [5.41, 5.74) is 0. The number of likely N-dealkylation sites (tertiary alicyclic amines) is 1. The fourth-order valence-electron chi connectivity index (χ4n) is 3.15. The van der Waals surface area contributed by atoms with E-state index < -0.39 is 0 Å². The molecule has 0 radical (unpaired) electrons. The Morgan fingerprint density at radius 2 is 2.08 bits per heavy atom. The van der Waals surface area contributed by atoms with Gasteiger partial charge in [-0.05, 0) is 38.8 Å². The lowest BCUT2D eigenvalue weighted by Gasteiger charge is -2.30. The molecule has 1 aliphatic heterocycles. The van der Waals surface area contributed by atoms with Crippen LogP contribution in [-0.4, -0.2) is 35.2 Å². The summed E-state index contributed by atoms with van der Waals surface area (Å²) in [6.45, 7) is 4.65. The van der Waals surface area contributed by atoms with Crippen LogP contribution in [-0.2, 0) is 0 Å². The maximum Gasteiger partial charge on any atom is 0.0583 e. The Labute approximate surface area is 80.9 Å². The first-order valence-corrected chi connectivity index (χ1v) is 5.75. The van der Waals surface area contributed by atoms with Gasteiger partial charge in [-0.25, -0.2) is 0 Å². The minimum Gasteiger partial charge on any atom is -0.393 e. The SMILES string of the molecule is CCN1CCCC1C1CCCC1O. The molecule has 0 bridgehead atoms. The van der Waals surface area contributed by atoms with E-state index in [1.54, 1.807) is 0 Å². The van der Waals surface area contributed by atoms with Crippen LogP contribution in [0.25, 0.3) is 0 Å². The van der Waals surface area contributed by atoms with Gasteiger partial charge in [-0.3, -0.25) is 0 Å². The van der Waals surface area contributed by atoms with E-state index >= 15 is 0 Å². The first kappa shape index (κ1) is 9.47. The van der Waals surface area contributed by atoms with Crippen LogP contribution >= 0.6 is 0 Å². The molecular formula is C11H21NO. The van der Waals surface area contributed by atoms with Crippen molar-refractivity contribution in [3.8, 4) is 0 Å². The van der Waals surface area contributed by atoms with Crippen molar-refractivity contribution in [2.24, 2.45) is 5.92 Å². The van der Waals surface area contributed by atoms with Gasteiger partial charge in [0.1, 0.15) is 0 Å². The molecule has 13 heavy (non-hydrogen) atoms. The second-order valence-electron chi connectivity index (χ2n) is 4.50. The number of aliphatic hydroxyl groups is 1. The molecule has 76 valence electrons. The summed E-state index contributed by atoms with van der Waals surface area (Å²) in [5.74, 6) is 0.586. The summed E-state index contributed by atoms with van der Waals surface area (Å²) in [7, 11) is 0. The molecule has 2 rings (SSSR count). The van der Waals surface area contributed by atoms with E-state index in [9.17, 15) is 5.11 Å². The van der Waals surface area contributed by atoms with Gasteiger partial charge in [0, 0.05) is 12.0 Å². The molecule has 1 N–H and O–H groups in total. The number of aliphatic hydroxyl groups excluding tert-OH is 1. The minimum atomic E-state index is -0.00264. The van der Waals surface area contributed by atoms with E-state index in [1.807, 2.05) is 0 Å². The predicted molar refractivity (Wildman–Crippen MR) is 53.6 cm³/mol. The van der Waals surface area contributed by atoms with Crippen molar-refractivity contribution in [1.29, 1.82) is 0 Å². The zero-order valence-corrected chi connectivity index (χ0v) is 8.58. The van der Waals surface area contributed by atoms with Crippen molar-refractivity contribution in [2.75, 3.05) is 13.1 Å². The topological polar surface area (TPSA) is 23.5 Å². The molecule has 0 amide bonds. The Kier molecular flexibility index (Phi) is 2.89. The fourth-order valence-corrected chi connectivity index (χ4v) is 3.15. The Bertz CT molecular complexity index is 171. The van der Waals surface area contributed by atoms with Crippen LogP contribution in [0.15, 0.2) is 0 Å². The average Bonchev–Trinajstić information content (AvgIpc) is 2.71. The predicted octanol–water partition coefficient (Wildman–Crippen LogP) is 1.63. The normalized spacial score (nSPS) is 41.5. The highest BCUT2D eigenvalue weighted by Crippen LogP contribution is 2.35. The Hall–Kier alpha value is -0.0800. The lowest BCUT2D eigenvalue weighted by molar-refractivity contribution is 0.0768. The Morgan fingerprint density at radius 3 is 2.69 bits per heavy atom. The van der Waals surface area contributed by atoms with Gasteiger partial charge >= 0.3 is 0 Å². The molecule has 3 unspecified atom stereocenters. The van der Waals surface area contributed by atoms with Crippen LogP contribution in [0.5, 0.6) is 0 Å². The van der Waals surface area contributed by atoms with Crippen molar-refractivity contribution in [2.45, 2.75) is 51.2 Å². The largest absolute Gasteiger partial charge is 0.393 e. The van der Waals surface area contributed by atoms with Gasteiger partial charge in [-0.15, -0.1) is 0 Å². The van der Waals surface area contributed by atoms with Crippen LogP contribution < -0.4 is 0 Å². The molecule has 2 aliphatic rings. The zero-order valence-electron chi connectivity index (χ0n) is 8.58. The molecule has 1 saturated carbocycles. The number of hydrogen-bond donors (Lipinski definition) is 1. The molecule has 0 aromatic heterocycles. The average molecular weight is 183 g/mol. The summed E-state index contributed by atoms with van der Waals surface area (Å²) in [6.07, 6.45) is 6.18. The van der Waals surface area contributed by atoms with Gasteiger partial charge in [0.05, 0.1) is 6.10 Å². The molecule has 1 aliphatic carbocycles. The van der Waals surface area contributed by atoms with Crippen LogP contribution in [0, 0.1) is 5.92 Å². The van der Waals surface area contributed by atoms with Gasteiger partial charge in [-0.1, -0.05) is 13.3 Å². The maximum atomic E-state index is 9.84. The molecule has 1 heterocycles. The molecule has 0 aromatic carbocycles. The highest BCUT2D eigenvalue weighted by atomic mass is 16.3. The molecule has 3 atom stereocenters. The molecular weight excluding hydrogens is 162 g/mol. The van der Waals surface area contributed by atoms with Crippen LogP contribution in [0.4, 0.5) is 0 Å². The number of hydrogen-bond acceptors (Lipinski definition) is 2. The van der Waals surface area contributed by atoms with Crippen molar-refractivity contribution in [3.05, 3.63) is 0 Å². The summed E-state index contributed by atoms with van der Waals surface area (Å²) >= 11 is 0. The highest BCUT2D eigenvalue weighted by Gasteiger charge is 2.37. The summed E-state index contributed by atoms with van der Waals surface area (Å²) in [6, 6.07) is 0.697. The molecule has 0 spiro atoms. The Balaban J connectivity index is 1.98. The van der Waals surface area contributed by atoms with Gasteiger partial charge in [0.15, 0.2) is 0 Å². The lowest BCUT2D eigenvalue weighted by Crippen LogP contribution is -2.38. The molecule has 2 heteroatoms. The van der Waals surface area contributed by atoms with E-state index in [-0.39, 0.29) is 6.10 Å². The third-order valence-electron chi connectivity index (χ3n) is 3.85. The van der Waals surface area contributed by atoms with Crippen molar-refractivity contribution < 1.29 is 5.11 Å². The van der Waals surface area contributed by atoms with E-state index in [2.05, 4.69) is 11.8 Å². The van der Waals surface area contributed by atoms with Gasteiger partial charge in [-0.2, -0.15) is 0 Å². The standard InChI is InChI=1S/C11H21NO/c1-2-12-8-4-6-10(12)9-5-3-7-11(9)13/h9-11,13H,2-8H2,1H3. The molecule has 2 fully saturated rings. The van der Waals surface area contributed by atoms with Crippen molar-refractivity contribution in [3.63, 3.8) is 0 Å². The summed E-state index contributed by atoms with van der Waals surface area (Å²) in [4.78, 5) is 2.55. The lowest BCUT2D eigenvalue weighted by atomic mass is 9.94. The van der Waals surface area contributed by atoms with E-state index in [0.29, 0.717) is 12.0 Å². The Morgan fingerprint density at radius 1 is 1.23 bits per heavy atom. The van der Waals surface area contributed by atoms with Crippen LogP contribution in [0.3, 0.4) is 0 Å². The monoisotopic (exact) mass is 183 g/mol. The zero-order chi connectivity index (χ0) is 9.26. The minimum absolute atomic E-state index is 0.00264. The smallest absolute Gasteiger partial charge is 0.0583 e. The van der Waals surface area contributed by atoms with E-state index in [0.717, 1.165) is 13.0 Å². The summed E-state index contributed by atoms with van der Waals surface area (Å²) in [5, 5.41) is 9.84. The quantitative estimate of drug-likeness (QED) is 0.703. The van der Waals surface area contributed by atoms with Gasteiger partial charge in [0.2, 0.25) is 0 Å². The first-order valence-electron chi connectivity index (χ1n) is 5.75. The molecule has 2 nitrogen and oxygen atoms in total. The van der Waals surface area contributed by atoms with Crippen LogP contribution in [0.1, 0.15) is 39.0 Å². The number of rotatable bonds is 2. The highest BCUT2D eigenvalue weighted by molar-refractivity contribution is 4.91. The van der Waals surface area contributed by atoms with Crippen LogP contribution in [0.2, 0.25) is 0 Å². The number of nitrogens with zero attached hydrogens (tertiary/aromatic N) is 1. The van der Waals surface area contributed by atoms with Gasteiger partial charge in [0.25, 0.3) is 0 Å². The van der Waals surface area contributed by atoms with Gasteiger partial charge < -0.3 is 10.0 Å².